The molecule has 0 bridgehead atoms. The third kappa shape index (κ3) is 4.33. The van der Waals surface area contributed by atoms with Gasteiger partial charge in [0.25, 0.3) is 0 Å². The van der Waals surface area contributed by atoms with Gasteiger partial charge in [-0.2, -0.15) is 4.98 Å². The summed E-state index contributed by atoms with van der Waals surface area (Å²) in [5.74, 6) is 0.856. The Bertz CT molecular complexity index is 1420. The van der Waals surface area contributed by atoms with E-state index < -0.39 is 17.4 Å². The molecule has 2 N–H and O–H groups in total. The summed E-state index contributed by atoms with van der Waals surface area (Å²) < 4.78 is 25.4. The van der Waals surface area contributed by atoms with Crippen molar-refractivity contribution >= 4 is 28.3 Å². The van der Waals surface area contributed by atoms with Gasteiger partial charge in [0.15, 0.2) is 11.5 Å². The van der Waals surface area contributed by atoms with Crippen LogP contribution < -0.4 is 25.8 Å². The number of carbonyl (C=O) groups is 1. The first-order chi connectivity index (χ1) is 16.1. The molecule has 0 saturated carbocycles. The second-order valence-corrected chi connectivity index (χ2v) is 7.45. The Morgan fingerprint density at radius 2 is 1.88 bits per heavy atom. The highest BCUT2D eigenvalue weighted by atomic mass is 19.1. The first-order valence-electron chi connectivity index (χ1n) is 10.2. The normalized spacial score (nSPS) is 12.0. The molecule has 8 nitrogen and oxygen atoms in total. The predicted molar refractivity (Wildman–Crippen MR) is 121 cm³/mol. The maximum absolute atomic E-state index is 13.4. The zero-order valence-electron chi connectivity index (χ0n) is 17.4. The molecule has 0 fully saturated rings. The van der Waals surface area contributed by atoms with Gasteiger partial charge in [0, 0.05) is 17.6 Å². The van der Waals surface area contributed by atoms with Crippen LogP contribution in [0.1, 0.15) is 5.56 Å². The first kappa shape index (κ1) is 20.5. The molecular formula is C24H19FN4O4. The number of hydrogen-bond donors (Lipinski definition) is 2. The van der Waals surface area contributed by atoms with E-state index in [-0.39, 0.29) is 13.3 Å². The zero-order chi connectivity index (χ0) is 22.8. The topological polar surface area (TPSA) is 94.5 Å². The standard InChI is InChI=1S/C24H19FN4O4/c25-16-4-3-5-17(11-16)27-22(30)13-29-19-7-2-1-6-18(19)23(28-24(29)31)26-12-15-8-9-20-21(10-15)33-14-32-20/h1-11H,12-14H2,(H,27,30)(H,26,28,31). The lowest BCUT2D eigenvalue weighted by Gasteiger charge is -2.14. The van der Waals surface area contributed by atoms with Crippen molar-refractivity contribution in [2.75, 3.05) is 17.4 Å². The zero-order valence-corrected chi connectivity index (χ0v) is 17.4. The Hall–Kier alpha value is -4.40. The van der Waals surface area contributed by atoms with Crippen LogP contribution >= 0.6 is 0 Å². The van der Waals surface area contributed by atoms with Crippen molar-refractivity contribution in [3.63, 3.8) is 0 Å². The molecule has 5 rings (SSSR count). The SMILES string of the molecule is O=C(Cn1c(=O)nc(NCc2ccc3c(c2)OCO3)c2ccccc21)Nc1cccc(F)c1. The summed E-state index contributed by atoms with van der Waals surface area (Å²) in [6.07, 6.45) is 0. The Kier molecular flexibility index (Phi) is 5.35. The lowest BCUT2D eigenvalue weighted by atomic mass is 10.2. The molecule has 166 valence electrons. The molecule has 1 aliphatic rings. The van der Waals surface area contributed by atoms with E-state index in [2.05, 4.69) is 15.6 Å². The van der Waals surface area contributed by atoms with Gasteiger partial charge in [0.05, 0.1) is 5.52 Å². The van der Waals surface area contributed by atoms with Crippen molar-refractivity contribution in [2.24, 2.45) is 0 Å². The summed E-state index contributed by atoms with van der Waals surface area (Å²) >= 11 is 0. The number of carbonyl (C=O) groups excluding carboxylic acids is 1. The molecule has 2 heterocycles. The highest BCUT2D eigenvalue weighted by molar-refractivity contribution is 5.93. The Balaban J connectivity index is 1.39. The average molecular weight is 446 g/mol. The molecule has 4 aromatic rings. The van der Waals surface area contributed by atoms with E-state index in [0.29, 0.717) is 40.5 Å². The molecule has 0 aliphatic carbocycles. The number of rotatable bonds is 6. The summed E-state index contributed by atoms with van der Waals surface area (Å²) in [5.41, 5.74) is 1.23. The van der Waals surface area contributed by atoms with Gasteiger partial charge >= 0.3 is 5.69 Å². The fourth-order valence-corrected chi connectivity index (χ4v) is 3.66. The first-order valence-corrected chi connectivity index (χ1v) is 10.2. The molecule has 1 aliphatic heterocycles. The number of nitrogens with zero attached hydrogens (tertiary/aromatic N) is 2. The maximum atomic E-state index is 13.4. The van der Waals surface area contributed by atoms with Crippen LogP contribution in [0.25, 0.3) is 10.9 Å². The molecule has 1 aromatic heterocycles. The quantitative estimate of drug-likeness (QED) is 0.471. The molecule has 33 heavy (non-hydrogen) atoms. The molecule has 0 radical (unpaired) electrons. The van der Waals surface area contributed by atoms with Gasteiger partial charge in [0.2, 0.25) is 12.7 Å². The predicted octanol–water partition coefficient (Wildman–Crippen LogP) is 3.52. The number of aromatic nitrogens is 2. The maximum Gasteiger partial charge on any atom is 0.350 e. The molecule has 9 heteroatoms. The van der Waals surface area contributed by atoms with Crippen molar-refractivity contribution < 1.29 is 18.7 Å². The number of ether oxygens (including phenoxy) is 2. The van der Waals surface area contributed by atoms with Crippen LogP contribution in [0.15, 0.2) is 71.5 Å². The Labute approximate surface area is 187 Å². The van der Waals surface area contributed by atoms with Gasteiger partial charge in [-0.15, -0.1) is 0 Å². The smallest absolute Gasteiger partial charge is 0.350 e. The van der Waals surface area contributed by atoms with Crippen LogP contribution in [-0.4, -0.2) is 22.3 Å². The number of amides is 1. The number of para-hydroxylation sites is 1. The number of halogens is 1. The minimum Gasteiger partial charge on any atom is -0.454 e. The molecule has 0 spiro atoms. The number of benzene rings is 3. The van der Waals surface area contributed by atoms with E-state index in [9.17, 15) is 14.0 Å². The minimum atomic E-state index is -0.573. The van der Waals surface area contributed by atoms with Crippen LogP contribution in [-0.2, 0) is 17.9 Å². The van der Waals surface area contributed by atoms with Crippen LogP contribution in [0, 0.1) is 5.82 Å². The van der Waals surface area contributed by atoms with Crippen molar-refractivity contribution in [2.45, 2.75) is 13.1 Å². The molecule has 1 amide bonds. The van der Waals surface area contributed by atoms with E-state index in [4.69, 9.17) is 9.47 Å². The van der Waals surface area contributed by atoms with Crippen molar-refractivity contribution in [1.82, 2.24) is 9.55 Å². The third-order valence-electron chi connectivity index (χ3n) is 5.20. The summed E-state index contributed by atoms with van der Waals surface area (Å²) in [7, 11) is 0. The van der Waals surface area contributed by atoms with E-state index in [1.165, 1.54) is 22.8 Å². The van der Waals surface area contributed by atoms with Gasteiger partial charge in [-0.3, -0.25) is 9.36 Å². The lowest BCUT2D eigenvalue weighted by Crippen LogP contribution is -2.30. The Morgan fingerprint density at radius 3 is 2.76 bits per heavy atom. The summed E-state index contributed by atoms with van der Waals surface area (Å²) in [6, 6.07) is 18.4. The molecule has 0 unspecified atom stereocenters. The largest absolute Gasteiger partial charge is 0.454 e. The third-order valence-corrected chi connectivity index (χ3v) is 5.20. The highest BCUT2D eigenvalue weighted by Gasteiger charge is 2.15. The second-order valence-electron chi connectivity index (χ2n) is 7.45. The minimum absolute atomic E-state index is 0.198. The summed E-state index contributed by atoms with van der Waals surface area (Å²) in [5, 5.41) is 6.49. The van der Waals surface area contributed by atoms with Crippen molar-refractivity contribution in [3.05, 3.63) is 88.6 Å². The van der Waals surface area contributed by atoms with Gasteiger partial charge in [-0.25, -0.2) is 9.18 Å². The van der Waals surface area contributed by atoms with Crippen LogP contribution in [0.3, 0.4) is 0 Å². The van der Waals surface area contributed by atoms with Crippen LogP contribution in [0.4, 0.5) is 15.9 Å². The number of nitrogens with one attached hydrogen (secondary N) is 2. The molecule has 0 atom stereocenters. The molecule has 3 aromatic carbocycles. The van der Waals surface area contributed by atoms with Crippen molar-refractivity contribution in [3.8, 4) is 11.5 Å². The number of anilines is 2. The molecular weight excluding hydrogens is 427 g/mol. The number of hydrogen-bond acceptors (Lipinski definition) is 6. The highest BCUT2D eigenvalue weighted by Crippen LogP contribution is 2.32. The Morgan fingerprint density at radius 1 is 1.03 bits per heavy atom. The second kappa shape index (κ2) is 8.62. The van der Waals surface area contributed by atoms with E-state index in [0.717, 1.165) is 5.56 Å². The van der Waals surface area contributed by atoms with Gasteiger partial charge < -0.3 is 20.1 Å². The number of fused-ring (bicyclic) bond motifs is 2. The molecule has 0 saturated heterocycles. The van der Waals surface area contributed by atoms with Gasteiger partial charge in [0.1, 0.15) is 18.2 Å². The fourth-order valence-electron chi connectivity index (χ4n) is 3.66. The van der Waals surface area contributed by atoms with Crippen LogP contribution in [0.2, 0.25) is 0 Å². The van der Waals surface area contributed by atoms with E-state index in [1.807, 2.05) is 30.3 Å². The monoisotopic (exact) mass is 446 g/mol. The lowest BCUT2D eigenvalue weighted by molar-refractivity contribution is -0.116. The van der Waals surface area contributed by atoms with Gasteiger partial charge in [-0.05, 0) is 48.0 Å². The average Bonchev–Trinajstić information content (AvgIpc) is 3.28. The van der Waals surface area contributed by atoms with Gasteiger partial charge in [-0.1, -0.05) is 24.3 Å². The van der Waals surface area contributed by atoms with E-state index in [1.54, 1.807) is 18.2 Å². The van der Waals surface area contributed by atoms with Crippen LogP contribution in [0.5, 0.6) is 11.5 Å². The van der Waals surface area contributed by atoms with Crippen molar-refractivity contribution in [1.29, 1.82) is 0 Å². The summed E-state index contributed by atoms with van der Waals surface area (Å²) in [4.78, 5) is 29.5. The van der Waals surface area contributed by atoms with E-state index >= 15 is 0 Å². The fraction of sp³-hybridized carbons (Fsp3) is 0.125. The summed E-state index contributed by atoms with van der Waals surface area (Å²) in [6.45, 7) is 0.353.